The molecular weight excluding hydrogens is 234 g/mol. The molecule has 0 aromatic heterocycles. The molecule has 0 bridgehead atoms. The van der Waals surface area contributed by atoms with Crippen molar-refractivity contribution in [2.45, 2.75) is 64.3 Å². The number of carbonyl (C=O) groups excluding carboxylic acids is 1. The summed E-state index contributed by atoms with van der Waals surface area (Å²) >= 11 is 0. The molecule has 2 heteroatoms. The molecule has 1 rings (SSSR count). The first-order valence-corrected chi connectivity index (χ1v) is 7.56. The molecule has 1 unspecified atom stereocenters. The Hall–Kier alpha value is -1.15. The van der Waals surface area contributed by atoms with Crippen molar-refractivity contribution in [2.24, 2.45) is 5.73 Å². The number of rotatable bonds is 10. The quantitative estimate of drug-likeness (QED) is 0.650. The van der Waals surface area contributed by atoms with E-state index in [0.717, 1.165) is 18.4 Å². The van der Waals surface area contributed by atoms with Crippen LogP contribution in [-0.4, -0.2) is 11.8 Å². The van der Waals surface area contributed by atoms with E-state index in [1.54, 1.807) is 0 Å². The maximum Gasteiger partial charge on any atom is 0.149 e. The van der Waals surface area contributed by atoms with Crippen molar-refractivity contribution in [1.29, 1.82) is 0 Å². The molecule has 0 aliphatic rings. The van der Waals surface area contributed by atoms with Crippen LogP contribution in [0.3, 0.4) is 0 Å². The van der Waals surface area contributed by atoms with Gasteiger partial charge in [-0.1, -0.05) is 69.4 Å². The average molecular weight is 261 g/mol. The van der Waals surface area contributed by atoms with Crippen molar-refractivity contribution < 1.29 is 4.79 Å². The Balaban J connectivity index is 2.15. The Bertz CT molecular complexity index is 348. The maximum absolute atomic E-state index is 11.9. The zero-order chi connectivity index (χ0) is 13.9. The maximum atomic E-state index is 11.9. The second kappa shape index (κ2) is 9.74. The number of ketones is 1. The van der Waals surface area contributed by atoms with Crippen molar-refractivity contribution in [3.63, 3.8) is 0 Å². The summed E-state index contributed by atoms with van der Waals surface area (Å²) in [5.74, 6) is 0.208. The number of benzene rings is 1. The fourth-order valence-corrected chi connectivity index (χ4v) is 2.25. The smallest absolute Gasteiger partial charge is 0.149 e. The Morgan fingerprint density at radius 3 is 2.37 bits per heavy atom. The molecule has 19 heavy (non-hydrogen) atoms. The lowest BCUT2D eigenvalue weighted by Gasteiger charge is -2.10. The second-order valence-corrected chi connectivity index (χ2v) is 5.28. The van der Waals surface area contributed by atoms with Gasteiger partial charge in [-0.05, 0) is 18.4 Å². The molecule has 0 radical (unpaired) electrons. The molecular formula is C17H27NO. The summed E-state index contributed by atoms with van der Waals surface area (Å²) in [5, 5.41) is 0. The van der Waals surface area contributed by atoms with E-state index >= 15 is 0 Å². The summed E-state index contributed by atoms with van der Waals surface area (Å²) < 4.78 is 0. The lowest BCUT2D eigenvalue weighted by atomic mass is 9.99. The van der Waals surface area contributed by atoms with Gasteiger partial charge >= 0.3 is 0 Å². The summed E-state index contributed by atoms with van der Waals surface area (Å²) in [5.41, 5.74) is 7.11. The number of carbonyl (C=O) groups is 1. The van der Waals surface area contributed by atoms with Crippen molar-refractivity contribution in [3.05, 3.63) is 35.9 Å². The van der Waals surface area contributed by atoms with Gasteiger partial charge in [0.25, 0.3) is 0 Å². The monoisotopic (exact) mass is 261 g/mol. The Labute approximate surface area is 117 Å². The van der Waals surface area contributed by atoms with Crippen LogP contribution < -0.4 is 5.73 Å². The minimum Gasteiger partial charge on any atom is -0.321 e. The zero-order valence-corrected chi connectivity index (χ0v) is 12.1. The predicted octanol–water partition coefficient (Wildman–Crippen LogP) is 3.88. The molecule has 0 aliphatic carbocycles. The number of nitrogens with two attached hydrogens (primary N) is 1. The predicted molar refractivity (Wildman–Crippen MR) is 81.1 cm³/mol. The normalized spacial score (nSPS) is 12.3. The molecule has 0 heterocycles. The molecule has 0 saturated carbocycles. The highest BCUT2D eigenvalue weighted by molar-refractivity contribution is 5.84. The van der Waals surface area contributed by atoms with E-state index in [-0.39, 0.29) is 11.8 Å². The van der Waals surface area contributed by atoms with Crippen molar-refractivity contribution in [3.8, 4) is 0 Å². The van der Waals surface area contributed by atoms with E-state index in [1.807, 2.05) is 30.3 Å². The van der Waals surface area contributed by atoms with Crippen LogP contribution in [0, 0.1) is 0 Å². The van der Waals surface area contributed by atoms with Gasteiger partial charge in [0.2, 0.25) is 0 Å². The van der Waals surface area contributed by atoms with Crippen LogP contribution in [0.5, 0.6) is 0 Å². The fourth-order valence-electron chi connectivity index (χ4n) is 2.25. The molecule has 0 fully saturated rings. The van der Waals surface area contributed by atoms with Crippen LogP contribution in [-0.2, 0) is 11.2 Å². The van der Waals surface area contributed by atoms with E-state index in [1.165, 1.54) is 25.7 Å². The molecule has 0 saturated heterocycles. The van der Waals surface area contributed by atoms with Crippen LogP contribution in [0.1, 0.15) is 57.4 Å². The van der Waals surface area contributed by atoms with Gasteiger partial charge in [-0.25, -0.2) is 0 Å². The van der Waals surface area contributed by atoms with E-state index in [4.69, 9.17) is 5.73 Å². The SMILES string of the molecule is CCCCCCCCC(=O)C(N)Cc1ccccc1. The van der Waals surface area contributed by atoms with Gasteiger partial charge in [-0.2, -0.15) is 0 Å². The lowest BCUT2D eigenvalue weighted by Crippen LogP contribution is -2.32. The van der Waals surface area contributed by atoms with Gasteiger partial charge in [0.05, 0.1) is 6.04 Å². The van der Waals surface area contributed by atoms with Gasteiger partial charge in [0, 0.05) is 6.42 Å². The lowest BCUT2D eigenvalue weighted by molar-refractivity contribution is -0.120. The minimum absolute atomic E-state index is 0.208. The topological polar surface area (TPSA) is 43.1 Å². The van der Waals surface area contributed by atoms with E-state index in [2.05, 4.69) is 6.92 Å². The average Bonchev–Trinajstić information content (AvgIpc) is 2.43. The fraction of sp³-hybridized carbons (Fsp3) is 0.588. The molecule has 0 amide bonds. The summed E-state index contributed by atoms with van der Waals surface area (Å²) in [6.07, 6.45) is 8.56. The summed E-state index contributed by atoms with van der Waals surface area (Å²) in [6.45, 7) is 2.21. The van der Waals surface area contributed by atoms with Crippen LogP contribution in [0.15, 0.2) is 30.3 Å². The zero-order valence-electron chi connectivity index (χ0n) is 12.1. The van der Waals surface area contributed by atoms with Gasteiger partial charge in [0.1, 0.15) is 5.78 Å². The summed E-state index contributed by atoms with van der Waals surface area (Å²) in [7, 11) is 0. The van der Waals surface area contributed by atoms with Crippen molar-refractivity contribution in [1.82, 2.24) is 0 Å². The van der Waals surface area contributed by atoms with Crippen molar-refractivity contribution in [2.75, 3.05) is 0 Å². The first-order valence-electron chi connectivity index (χ1n) is 7.56. The van der Waals surface area contributed by atoms with Gasteiger partial charge in [-0.3, -0.25) is 4.79 Å². The van der Waals surface area contributed by atoms with Gasteiger partial charge in [-0.15, -0.1) is 0 Å². The first kappa shape index (κ1) is 15.9. The second-order valence-electron chi connectivity index (χ2n) is 5.28. The molecule has 1 atom stereocenters. The van der Waals surface area contributed by atoms with Crippen LogP contribution in [0.4, 0.5) is 0 Å². The Morgan fingerprint density at radius 2 is 1.68 bits per heavy atom. The molecule has 1 aromatic rings. The Kier molecular flexibility index (Phi) is 8.15. The summed E-state index contributed by atoms with van der Waals surface area (Å²) in [4.78, 5) is 11.9. The highest BCUT2D eigenvalue weighted by atomic mass is 16.1. The number of hydrogen-bond acceptors (Lipinski definition) is 2. The van der Waals surface area contributed by atoms with Gasteiger partial charge in [0.15, 0.2) is 0 Å². The molecule has 1 aromatic carbocycles. The highest BCUT2D eigenvalue weighted by Gasteiger charge is 2.13. The minimum atomic E-state index is -0.335. The van der Waals surface area contributed by atoms with Crippen LogP contribution >= 0.6 is 0 Å². The standard InChI is InChI=1S/C17H27NO/c1-2-3-4-5-6-10-13-17(19)16(18)14-15-11-8-7-9-12-15/h7-9,11-12,16H,2-6,10,13-14,18H2,1H3. The van der Waals surface area contributed by atoms with Gasteiger partial charge < -0.3 is 5.73 Å². The number of hydrogen-bond donors (Lipinski definition) is 1. The highest BCUT2D eigenvalue weighted by Crippen LogP contribution is 2.09. The largest absolute Gasteiger partial charge is 0.321 e. The third kappa shape index (κ3) is 7.12. The molecule has 0 spiro atoms. The third-order valence-electron chi connectivity index (χ3n) is 3.49. The first-order chi connectivity index (χ1) is 9.24. The summed E-state index contributed by atoms with van der Waals surface area (Å²) in [6, 6.07) is 9.67. The van der Waals surface area contributed by atoms with E-state index in [0.29, 0.717) is 12.8 Å². The van der Waals surface area contributed by atoms with E-state index < -0.39 is 0 Å². The Morgan fingerprint density at radius 1 is 1.05 bits per heavy atom. The molecule has 2 nitrogen and oxygen atoms in total. The van der Waals surface area contributed by atoms with Crippen LogP contribution in [0.25, 0.3) is 0 Å². The van der Waals surface area contributed by atoms with Crippen LogP contribution in [0.2, 0.25) is 0 Å². The van der Waals surface area contributed by atoms with E-state index in [9.17, 15) is 4.79 Å². The molecule has 0 aliphatic heterocycles. The molecule has 2 N–H and O–H groups in total. The number of unbranched alkanes of at least 4 members (excludes halogenated alkanes) is 5. The third-order valence-corrected chi connectivity index (χ3v) is 3.49. The molecule has 106 valence electrons. The van der Waals surface area contributed by atoms with Crippen molar-refractivity contribution >= 4 is 5.78 Å². The number of Topliss-reactive ketones (excluding diaryl/α,β-unsaturated/α-hetero) is 1.